The lowest BCUT2D eigenvalue weighted by Gasteiger charge is -2.35. The first-order chi connectivity index (χ1) is 16.2. The molecule has 2 aromatic heterocycles. The quantitative estimate of drug-likeness (QED) is 0.604. The number of benzene rings is 1. The van der Waals surface area contributed by atoms with Gasteiger partial charge in [-0.25, -0.2) is 4.98 Å². The molecule has 1 saturated heterocycles. The number of nitrogens with zero attached hydrogens (tertiary/aromatic N) is 4. The van der Waals surface area contributed by atoms with Crippen molar-refractivity contribution in [1.82, 2.24) is 30.0 Å². The van der Waals surface area contributed by atoms with Gasteiger partial charge in [0.05, 0.1) is 18.1 Å². The van der Waals surface area contributed by atoms with E-state index in [2.05, 4.69) is 20.5 Å². The van der Waals surface area contributed by atoms with Gasteiger partial charge < -0.3 is 14.8 Å². The van der Waals surface area contributed by atoms with E-state index in [1.807, 2.05) is 46.0 Å². The third-order valence-electron chi connectivity index (χ3n) is 6.74. The molecule has 33 heavy (non-hydrogen) atoms. The van der Waals surface area contributed by atoms with Crippen molar-refractivity contribution >= 4 is 11.8 Å². The van der Waals surface area contributed by atoms with Gasteiger partial charge >= 0.3 is 0 Å². The number of carbonyl (C=O) groups is 2. The summed E-state index contributed by atoms with van der Waals surface area (Å²) in [5.74, 6) is -0.121. The summed E-state index contributed by atoms with van der Waals surface area (Å²) < 4.78 is 1.98. The Labute approximate surface area is 193 Å². The average molecular weight is 447 g/mol. The molecule has 5 rings (SSSR count). The lowest BCUT2D eigenvalue weighted by molar-refractivity contribution is 0.0606. The molecule has 1 atom stereocenters. The molecule has 2 N–H and O–H groups in total. The Morgan fingerprint density at radius 1 is 1.09 bits per heavy atom. The van der Waals surface area contributed by atoms with Crippen LogP contribution < -0.4 is 5.32 Å². The summed E-state index contributed by atoms with van der Waals surface area (Å²) in [7, 11) is 0. The Morgan fingerprint density at radius 3 is 2.76 bits per heavy atom. The van der Waals surface area contributed by atoms with Gasteiger partial charge in [0.25, 0.3) is 11.8 Å². The van der Waals surface area contributed by atoms with Gasteiger partial charge in [-0.15, -0.1) is 0 Å². The molecule has 2 aliphatic rings. The molecular weight excluding hydrogens is 416 g/mol. The van der Waals surface area contributed by atoms with Crippen molar-refractivity contribution in [1.29, 1.82) is 0 Å². The van der Waals surface area contributed by atoms with Gasteiger partial charge in [0.2, 0.25) is 0 Å². The van der Waals surface area contributed by atoms with E-state index in [9.17, 15) is 9.59 Å². The number of aromatic amines is 1. The Morgan fingerprint density at radius 2 is 1.94 bits per heavy atom. The van der Waals surface area contributed by atoms with Crippen LogP contribution in [0.5, 0.6) is 0 Å². The van der Waals surface area contributed by atoms with Crippen LogP contribution in [0.4, 0.5) is 0 Å². The van der Waals surface area contributed by atoms with E-state index in [0.29, 0.717) is 24.3 Å². The van der Waals surface area contributed by atoms with Crippen LogP contribution in [0.3, 0.4) is 0 Å². The van der Waals surface area contributed by atoms with E-state index in [4.69, 9.17) is 0 Å². The smallest absolute Gasteiger partial charge is 0.271 e. The number of hydrogen-bond acceptors (Lipinski definition) is 4. The van der Waals surface area contributed by atoms with Crippen molar-refractivity contribution in [3.05, 3.63) is 71.6 Å². The first kappa shape index (κ1) is 21.4. The Kier molecular flexibility index (Phi) is 6.24. The minimum Gasteiger partial charge on any atom is -0.348 e. The second-order valence-corrected chi connectivity index (χ2v) is 9.11. The molecule has 0 spiro atoms. The van der Waals surface area contributed by atoms with Crippen LogP contribution in [0.25, 0.3) is 0 Å². The molecule has 3 aromatic rings. The zero-order chi connectivity index (χ0) is 22.6. The predicted octanol–water partition coefficient (Wildman–Crippen LogP) is 3.69. The number of piperidine rings is 1. The van der Waals surface area contributed by atoms with Crippen LogP contribution in [0, 0.1) is 0 Å². The lowest BCUT2D eigenvalue weighted by atomic mass is 9.97. The predicted molar refractivity (Wildman–Crippen MR) is 124 cm³/mol. The van der Waals surface area contributed by atoms with Crippen molar-refractivity contribution < 1.29 is 9.59 Å². The van der Waals surface area contributed by atoms with E-state index < -0.39 is 0 Å². The van der Waals surface area contributed by atoms with Crippen LogP contribution in [-0.4, -0.2) is 49.0 Å². The molecule has 172 valence electrons. The van der Waals surface area contributed by atoms with Gasteiger partial charge in [0.15, 0.2) is 0 Å². The molecule has 1 aliphatic heterocycles. The molecule has 8 nitrogen and oxygen atoms in total. The third-order valence-corrected chi connectivity index (χ3v) is 6.74. The Balaban J connectivity index is 1.31. The number of hydrogen-bond donors (Lipinski definition) is 2. The van der Waals surface area contributed by atoms with Gasteiger partial charge in [-0.3, -0.25) is 14.7 Å². The van der Waals surface area contributed by atoms with Crippen molar-refractivity contribution in [2.45, 2.75) is 63.6 Å². The molecule has 0 unspecified atom stereocenters. The van der Waals surface area contributed by atoms with E-state index in [1.165, 1.54) is 12.8 Å². The van der Waals surface area contributed by atoms with E-state index in [-0.39, 0.29) is 23.9 Å². The van der Waals surface area contributed by atoms with Crippen LogP contribution in [0.2, 0.25) is 0 Å². The normalized spacial score (nSPS) is 19.0. The standard InChI is InChI=1S/C25H30N6O2/c32-24(27-20-8-1-2-9-20)22-15-21(28-29-22)23-10-3-4-12-31(23)25(33)19-7-5-6-18(14-19)16-30-13-11-26-17-30/h5-7,11,13-15,17,20,23H,1-4,8-10,12,16H2,(H,27,32)(H,28,29)/t23-/m1/s1. The van der Waals surface area contributed by atoms with Crippen LogP contribution in [0.1, 0.15) is 83.1 Å². The number of likely N-dealkylation sites (tertiary alicyclic amines) is 1. The summed E-state index contributed by atoms with van der Waals surface area (Å²) >= 11 is 0. The summed E-state index contributed by atoms with van der Waals surface area (Å²) in [6.07, 6.45) is 12.7. The molecule has 1 aromatic carbocycles. The van der Waals surface area contributed by atoms with Crippen molar-refractivity contribution in [3.8, 4) is 0 Å². The van der Waals surface area contributed by atoms with Gasteiger partial charge in [-0.05, 0) is 55.9 Å². The number of carbonyl (C=O) groups excluding carboxylic acids is 2. The van der Waals surface area contributed by atoms with Gasteiger partial charge in [-0.2, -0.15) is 5.10 Å². The minimum atomic E-state index is -0.134. The summed E-state index contributed by atoms with van der Waals surface area (Å²) in [5, 5.41) is 10.4. The zero-order valence-electron chi connectivity index (χ0n) is 18.7. The average Bonchev–Trinajstić information content (AvgIpc) is 3.62. The lowest BCUT2D eigenvalue weighted by Crippen LogP contribution is -2.38. The number of aromatic nitrogens is 4. The van der Waals surface area contributed by atoms with Crippen molar-refractivity contribution in [2.75, 3.05) is 6.54 Å². The largest absolute Gasteiger partial charge is 0.348 e. The van der Waals surface area contributed by atoms with E-state index in [1.54, 1.807) is 12.5 Å². The van der Waals surface area contributed by atoms with Gasteiger partial charge in [0, 0.05) is 37.1 Å². The van der Waals surface area contributed by atoms with Gasteiger partial charge in [-0.1, -0.05) is 25.0 Å². The molecule has 8 heteroatoms. The first-order valence-corrected chi connectivity index (χ1v) is 11.9. The molecule has 1 saturated carbocycles. The Bertz CT molecular complexity index is 1100. The number of amides is 2. The topological polar surface area (TPSA) is 95.9 Å². The van der Waals surface area contributed by atoms with E-state index in [0.717, 1.165) is 43.4 Å². The first-order valence-electron chi connectivity index (χ1n) is 11.9. The van der Waals surface area contributed by atoms with Crippen molar-refractivity contribution in [3.63, 3.8) is 0 Å². The summed E-state index contributed by atoms with van der Waals surface area (Å²) in [4.78, 5) is 32.1. The monoisotopic (exact) mass is 446 g/mol. The minimum absolute atomic E-state index is 0.0127. The van der Waals surface area contributed by atoms with Crippen molar-refractivity contribution in [2.24, 2.45) is 0 Å². The highest BCUT2D eigenvalue weighted by atomic mass is 16.2. The fourth-order valence-electron chi connectivity index (χ4n) is 5.01. The number of imidazole rings is 1. The highest BCUT2D eigenvalue weighted by Crippen LogP contribution is 2.31. The third kappa shape index (κ3) is 4.84. The SMILES string of the molecule is O=C(NC1CCCC1)c1cc([C@H]2CCCCN2C(=O)c2cccc(Cn3ccnc3)c2)[nH]n1. The molecule has 1 aliphatic carbocycles. The van der Waals surface area contributed by atoms with Gasteiger partial charge in [0.1, 0.15) is 5.69 Å². The Hall–Kier alpha value is -3.42. The molecule has 2 amide bonds. The second kappa shape index (κ2) is 9.60. The maximum absolute atomic E-state index is 13.5. The molecule has 3 heterocycles. The number of H-pyrrole nitrogens is 1. The number of nitrogens with one attached hydrogen (secondary N) is 2. The summed E-state index contributed by atoms with van der Waals surface area (Å²) in [5.41, 5.74) is 2.96. The summed E-state index contributed by atoms with van der Waals surface area (Å²) in [6, 6.07) is 9.74. The van der Waals surface area contributed by atoms with Crippen LogP contribution in [0.15, 0.2) is 49.1 Å². The molecule has 0 radical (unpaired) electrons. The number of rotatable bonds is 6. The van der Waals surface area contributed by atoms with Crippen LogP contribution in [-0.2, 0) is 6.54 Å². The fourth-order valence-corrected chi connectivity index (χ4v) is 5.01. The maximum atomic E-state index is 13.5. The summed E-state index contributed by atoms with van der Waals surface area (Å²) in [6.45, 7) is 1.36. The maximum Gasteiger partial charge on any atom is 0.271 e. The van der Waals surface area contributed by atoms with E-state index >= 15 is 0 Å². The molecule has 2 fully saturated rings. The second-order valence-electron chi connectivity index (χ2n) is 9.11. The fraction of sp³-hybridized carbons (Fsp3) is 0.440. The zero-order valence-corrected chi connectivity index (χ0v) is 18.7. The highest BCUT2D eigenvalue weighted by Gasteiger charge is 2.31. The molecular formula is C25H30N6O2. The molecule has 0 bridgehead atoms. The van der Waals surface area contributed by atoms with Crippen LogP contribution >= 0.6 is 0 Å². The highest BCUT2D eigenvalue weighted by molar-refractivity contribution is 5.95.